The second kappa shape index (κ2) is 5.67. The van der Waals surface area contributed by atoms with Gasteiger partial charge >= 0.3 is 0 Å². The predicted octanol–water partition coefficient (Wildman–Crippen LogP) is 1.76. The molecule has 16 heavy (non-hydrogen) atoms. The molecular weight excluding hydrogens is 200 g/mol. The molecule has 1 saturated heterocycles. The molecule has 3 nitrogen and oxygen atoms in total. The van der Waals surface area contributed by atoms with E-state index < -0.39 is 0 Å². The van der Waals surface area contributed by atoms with Crippen molar-refractivity contribution in [3.8, 4) is 0 Å². The highest BCUT2D eigenvalue weighted by atomic mass is 16.2. The van der Waals surface area contributed by atoms with Crippen LogP contribution < -0.4 is 5.73 Å². The first-order valence-electron chi connectivity index (χ1n) is 6.80. The van der Waals surface area contributed by atoms with Crippen molar-refractivity contribution in [3.63, 3.8) is 0 Å². The SMILES string of the molecule is NCC1CCC(C(=O)N2CCCCC2)CC1. The number of piperidine rings is 1. The zero-order valence-electron chi connectivity index (χ0n) is 10.2. The van der Waals surface area contributed by atoms with Crippen molar-refractivity contribution < 1.29 is 4.79 Å². The van der Waals surface area contributed by atoms with Gasteiger partial charge in [0.15, 0.2) is 0 Å². The average Bonchev–Trinajstić information content (AvgIpc) is 2.39. The normalized spacial score (nSPS) is 31.4. The Hall–Kier alpha value is -0.570. The summed E-state index contributed by atoms with van der Waals surface area (Å²) in [5.74, 6) is 1.40. The van der Waals surface area contributed by atoms with Crippen LogP contribution >= 0.6 is 0 Å². The van der Waals surface area contributed by atoms with Gasteiger partial charge in [-0.15, -0.1) is 0 Å². The van der Waals surface area contributed by atoms with E-state index in [1.165, 1.54) is 19.3 Å². The first-order valence-corrected chi connectivity index (χ1v) is 6.80. The molecule has 1 aliphatic heterocycles. The molecule has 1 aliphatic carbocycles. The summed E-state index contributed by atoms with van der Waals surface area (Å²) in [5.41, 5.74) is 5.67. The van der Waals surface area contributed by atoms with Gasteiger partial charge in [0.1, 0.15) is 0 Å². The molecule has 0 bridgehead atoms. The summed E-state index contributed by atoms with van der Waals surface area (Å²) in [6.45, 7) is 2.79. The topological polar surface area (TPSA) is 46.3 Å². The van der Waals surface area contributed by atoms with Crippen LogP contribution in [-0.2, 0) is 4.79 Å². The van der Waals surface area contributed by atoms with Gasteiger partial charge in [-0.2, -0.15) is 0 Å². The van der Waals surface area contributed by atoms with Gasteiger partial charge in [-0.1, -0.05) is 0 Å². The third-order valence-corrected chi connectivity index (χ3v) is 4.20. The molecule has 0 atom stereocenters. The van der Waals surface area contributed by atoms with E-state index in [0.29, 0.717) is 17.7 Å². The van der Waals surface area contributed by atoms with Gasteiger partial charge in [0, 0.05) is 19.0 Å². The van der Waals surface area contributed by atoms with Crippen LogP contribution in [0.5, 0.6) is 0 Å². The van der Waals surface area contributed by atoms with Crippen molar-refractivity contribution in [2.24, 2.45) is 17.6 Å². The lowest BCUT2D eigenvalue weighted by Gasteiger charge is -2.33. The van der Waals surface area contributed by atoms with Crippen molar-refractivity contribution in [1.29, 1.82) is 0 Å². The summed E-state index contributed by atoms with van der Waals surface area (Å²) < 4.78 is 0. The van der Waals surface area contributed by atoms with Crippen molar-refractivity contribution in [2.45, 2.75) is 44.9 Å². The fourth-order valence-electron chi connectivity index (χ4n) is 3.02. The van der Waals surface area contributed by atoms with Crippen LogP contribution in [-0.4, -0.2) is 30.4 Å². The quantitative estimate of drug-likeness (QED) is 0.777. The van der Waals surface area contributed by atoms with Crippen molar-refractivity contribution in [3.05, 3.63) is 0 Å². The Kier molecular flexibility index (Phi) is 4.22. The molecular formula is C13H24N2O. The fourth-order valence-corrected chi connectivity index (χ4v) is 3.02. The van der Waals surface area contributed by atoms with Crippen molar-refractivity contribution in [1.82, 2.24) is 4.90 Å². The van der Waals surface area contributed by atoms with Crippen molar-refractivity contribution >= 4 is 5.91 Å². The van der Waals surface area contributed by atoms with E-state index in [2.05, 4.69) is 4.90 Å². The molecule has 0 spiro atoms. The zero-order chi connectivity index (χ0) is 11.4. The van der Waals surface area contributed by atoms with Crippen LogP contribution in [0.1, 0.15) is 44.9 Å². The molecule has 0 unspecified atom stereocenters. The molecule has 2 aliphatic rings. The number of hydrogen-bond acceptors (Lipinski definition) is 2. The Morgan fingerprint density at radius 2 is 1.69 bits per heavy atom. The van der Waals surface area contributed by atoms with Gasteiger partial charge in [-0.05, 0) is 57.4 Å². The van der Waals surface area contributed by atoms with E-state index in [-0.39, 0.29) is 0 Å². The first kappa shape index (κ1) is 11.9. The Morgan fingerprint density at radius 3 is 2.25 bits per heavy atom. The molecule has 0 aromatic heterocycles. The van der Waals surface area contributed by atoms with Gasteiger partial charge < -0.3 is 10.6 Å². The number of hydrogen-bond donors (Lipinski definition) is 1. The first-order chi connectivity index (χ1) is 7.81. The molecule has 2 fully saturated rings. The van der Waals surface area contributed by atoms with Crippen LogP contribution in [0.15, 0.2) is 0 Å². The number of carbonyl (C=O) groups excluding carboxylic acids is 1. The second-order valence-corrected chi connectivity index (χ2v) is 5.34. The molecule has 2 rings (SSSR count). The van der Waals surface area contributed by atoms with E-state index in [0.717, 1.165) is 45.3 Å². The summed E-state index contributed by atoms with van der Waals surface area (Å²) in [6, 6.07) is 0. The maximum Gasteiger partial charge on any atom is 0.225 e. The molecule has 2 N–H and O–H groups in total. The predicted molar refractivity (Wildman–Crippen MR) is 64.9 cm³/mol. The van der Waals surface area contributed by atoms with Gasteiger partial charge in [-0.25, -0.2) is 0 Å². The van der Waals surface area contributed by atoms with Crippen LogP contribution in [0.3, 0.4) is 0 Å². The standard InChI is InChI=1S/C13H24N2O/c14-10-11-4-6-12(7-5-11)13(16)15-8-2-1-3-9-15/h11-12H,1-10,14H2. The van der Waals surface area contributed by atoms with E-state index >= 15 is 0 Å². The number of carbonyl (C=O) groups is 1. The molecule has 0 aromatic carbocycles. The van der Waals surface area contributed by atoms with E-state index in [1.807, 2.05) is 0 Å². The number of nitrogens with zero attached hydrogens (tertiary/aromatic N) is 1. The molecule has 1 amide bonds. The number of nitrogens with two attached hydrogens (primary N) is 1. The summed E-state index contributed by atoms with van der Waals surface area (Å²) in [5, 5.41) is 0. The lowest BCUT2D eigenvalue weighted by atomic mass is 9.81. The van der Waals surface area contributed by atoms with E-state index in [9.17, 15) is 4.79 Å². The number of rotatable bonds is 2. The van der Waals surface area contributed by atoms with Gasteiger partial charge in [0.05, 0.1) is 0 Å². The molecule has 1 heterocycles. The lowest BCUT2D eigenvalue weighted by Crippen LogP contribution is -2.41. The van der Waals surface area contributed by atoms with Crippen LogP contribution in [0, 0.1) is 11.8 Å². The number of amides is 1. The molecule has 1 saturated carbocycles. The maximum absolute atomic E-state index is 12.2. The summed E-state index contributed by atoms with van der Waals surface area (Å²) >= 11 is 0. The lowest BCUT2D eigenvalue weighted by molar-refractivity contribution is -0.137. The highest BCUT2D eigenvalue weighted by Gasteiger charge is 2.29. The monoisotopic (exact) mass is 224 g/mol. The molecule has 3 heteroatoms. The molecule has 0 aromatic rings. The fraction of sp³-hybridized carbons (Fsp3) is 0.923. The maximum atomic E-state index is 12.2. The minimum Gasteiger partial charge on any atom is -0.342 e. The van der Waals surface area contributed by atoms with Crippen molar-refractivity contribution in [2.75, 3.05) is 19.6 Å². The van der Waals surface area contributed by atoms with E-state index in [1.54, 1.807) is 0 Å². The minimum atomic E-state index is 0.306. The van der Waals surface area contributed by atoms with Gasteiger partial charge in [0.25, 0.3) is 0 Å². The summed E-state index contributed by atoms with van der Waals surface area (Å²) in [6.07, 6.45) is 8.13. The van der Waals surface area contributed by atoms with Gasteiger partial charge in [0.2, 0.25) is 5.91 Å². The van der Waals surface area contributed by atoms with Gasteiger partial charge in [-0.3, -0.25) is 4.79 Å². The second-order valence-electron chi connectivity index (χ2n) is 5.34. The Balaban J connectivity index is 1.81. The van der Waals surface area contributed by atoms with Crippen LogP contribution in [0.2, 0.25) is 0 Å². The minimum absolute atomic E-state index is 0.306. The van der Waals surface area contributed by atoms with Crippen LogP contribution in [0.25, 0.3) is 0 Å². The smallest absolute Gasteiger partial charge is 0.225 e. The third kappa shape index (κ3) is 2.76. The highest BCUT2D eigenvalue weighted by molar-refractivity contribution is 5.79. The zero-order valence-corrected chi connectivity index (χ0v) is 10.2. The Bertz CT molecular complexity index is 228. The highest BCUT2D eigenvalue weighted by Crippen LogP contribution is 2.30. The summed E-state index contributed by atoms with van der Waals surface area (Å²) in [4.78, 5) is 14.3. The van der Waals surface area contributed by atoms with Crippen LogP contribution in [0.4, 0.5) is 0 Å². The molecule has 0 radical (unpaired) electrons. The largest absolute Gasteiger partial charge is 0.342 e. The Morgan fingerprint density at radius 1 is 1.06 bits per heavy atom. The van der Waals surface area contributed by atoms with E-state index in [4.69, 9.17) is 5.73 Å². The summed E-state index contributed by atoms with van der Waals surface area (Å²) in [7, 11) is 0. The third-order valence-electron chi connectivity index (χ3n) is 4.20. The number of likely N-dealkylation sites (tertiary alicyclic amines) is 1. The molecule has 92 valence electrons. The Labute approximate surface area is 98.4 Å². The average molecular weight is 224 g/mol.